The van der Waals surface area contributed by atoms with Gasteiger partial charge in [0, 0.05) is 12.2 Å². The molecule has 2 rings (SSSR count). The first-order valence-electron chi connectivity index (χ1n) is 5.58. The molecule has 92 valence electrons. The van der Waals surface area contributed by atoms with Crippen molar-refractivity contribution in [2.45, 2.75) is 19.9 Å². The number of nitrogens with zero attached hydrogens (tertiary/aromatic N) is 3. The van der Waals surface area contributed by atoms with Crippen LogP contribution in [0.1, 0.15) is 18.3 Å². The summed E-state index contributed by atoms with van der Waals surface area (Å²) in [7, 11) is 0. The zero-order valence-electron chi connectivity index (χ0n) is 10.0. The Kier molecular flexibility index (Phi) is 3.54. The van der Waals surface area contributed by atoms with Gasteiger partial charge in [-0.2, -0.15) is 0 Å². The molecular weight excluding hydrogens is 236 g/mol. The van der Waals surface area contributed by atoms with Gasteiger partial charge in [-0.3, -0.25) is 0 Å². The van der Waals surface area contributed by atoms with Crippen molar-refractivity contribution in [3.8, 4) is 0 Å². The second kappa shape index (κ2) is 4.93. The van der Waals surface area contributed by atoms with E-state index in [4.69, 9.17) is 22.7 Å². The second-order valence-electron chi connectivity index (χ2n) is 4.18. The molecule has 1 aromatic heterocycles. The van der Waals surface area contributed by atoms with Crippen molar-refractivity contribution in [3.63, 3.8) is 0 Å². The number of hydrogen-bond acceptors (Lipinski definition) is 5. The van der Waals surface area contributed by atoms with E-state index in [1.807, 2.05) is 6.92 Å². The number of aromatic nitrogens is 2. The molecule has 0 aromatic carbocycles. The fourth-order valence-electron chi connectivity index (χ4n) is 1.83. The summed E-state index contributed by atoms with van der Waals surface area (Å²) < 4.78 is 5.39. The smallest absolute Gasteiger partial charge is 0.226 e. The van der Waals surface area contributed by atoms with Gasteiger partial charge >= 0.3 is 0 Å². The molecule has 0 aliphatic carbocycles. The second-order valence-corrected chi connectivity index (χ2v) is 4.62. The molecule has 1 saturated heterocycles. The van der Waals surface area contributed by atoms with Gasteiger partial charge in [-0.25, -0.2) is 9.97 Å². The van der Waals surface area contributed by atoms with Crippen LogP contribution in [0.25, 0.3) is 0 Å². The Labute approximate surface area is 106 Å². The van der Waals surface area contributed by atoms with E-state index in [2.05, 4.69) is 21.8 Å². The molecule has 17 heavy (non-hydrogen) atoms. The van der Waals surface area contributed by atoms with E-state index in [-0.39, 0.29) is 6.04 Å². The van der Waals surface area contributed by atoms with Crippen molar-refractivity contribution < 1.29 is 4.74 Å². The van der Waals surface area contributed by atoms with Crippen LogP contribution in [-0.2, 0) is 4.74 Å². The highest BCUT2D eigenvalue weighted by Crippen LogP contribution is 2.16. The van der Waals surface area contributed by atoms with Crippen LogP contribution in [0.3, 0.4) is 0 Å². The minimum Gasteiger partial charge on any atom is -0.388 e. The summed E-state index contributed by atoms with van der Waals surface area (Å²) in [4.78, 5) is 11.3. The predicted octanol–water partition coefficient (Wildman–Crippen LogP) is 0.644. The van der Waals surface area contributed by atoms with E-state index in [1.165, 1.54) is 0 Å². The predicted molar refractivity (Wildman–Crippen MR) is 70.3 cm³/mol. The number of rotatable bonds is 2. The maximum Gasteiger partial charge on any atom is 0.226 e. The molecule has 1 aliphatic rings. The molecule has 1 aromatic rings. The van der Waals surface area contributed by atoms with E-state index >= 15 is 0 Å². The zero-order valence-corrected chi connectivity index (χ0v) is 10.8. The average Bonchev–Trinajstić information content (AvgIpc) is 2.28. The number of anilines is 1. The van der Waals surface area contributed by atoms with Gasteiger partial charge in [0.1, 0.15) is 10.7 Å². The molecule has 0 bridgehead atoms. The molecule has 1 unspecified atom stereocenters. The highest BCUT2D eigenvalue weighted by Gasteiger charge is 2.22. The third-order valence-electron chi connectivity index (χ3n) is 2.72. The third-order valence-corrected chi connectivity index (χ3v) is 2.93. The number of morpholine rings is 1. The molecule has 6 heteroatoms. The Hall–Kier alpha value is -1.27. The summed E-state index contributed by atoms with van der Waals surface area (Å²) in [6.07, 6.45) is 0. The molecule has 1 fully saturated rings. The number of hydrogen-bond donors (Lipinski definition) is 1. The third kappa shape index (κ3) is 2.70. The summed E-state index contributed by atoms with van der Waals surface area (Å²) in [5, 5.41) is 0. The van der Waals surface area contributed by atoms with Gasteiger partial charge in [0.2, 0.25) is 5.95 Å². The molecule has 5 nitrogen and oxygen atoms in total. The van der Waals surface area contributed by atoms with E-state index < -0.39 is 0 Å². The number of nitrogens with two attached hydrogens (primary N) is 1. The van der Waals surface area contributed by atoms with Crippen LogP contribution in [0.4, 0.5) is 5.95 Å². The highest BCUT2D eigenvalue weighted by atomic mass is 32.1. The van der Waals surface area contributed by atoms with Crippen LogP contribution in [0.5, 0.6) is 0 Å². The fraction of sp³-hybridized carbons (Fsp3) is 0.545. The molecule has 0 saturated carbocycles. The van der Waals surface area contributed by atoms with E-state index in [0.717, 1.165) is 12.2 Å². The molecule has 2 heterocycles. The van der Waals surface area contributed by atoms with Crippen LogP contribution >= 0.6 is 12.2 Å². The summed E-state index contributed by atoms with van der Waals surface area (Å²) in [5.41, 5.74) is 7.11. The van der Waals surface area contributed by atoms with E-state index in [9.17, 15) is 0 Å². The van der Waals surface area contributed by atoms with Gasteiger partial charge in [-0.05, 0) is 19.9 Å². The van der Waals surface area contributed by atoms with Crippen LogP contribution in [0.15, 0.2) is 6.07 Å². The Morgan fingerprint density at radius 3 is 3.00 bits per heavy atom. The van der Waals surface area contributed by atoms with Crippen molar-refractivity contribution in [3.05, 3.63) is 17.5 Å². The monoisotopic (exact) mass is 252 g/mol. The van der Waals surface area contributed by atoms with Crippen LogP contribution < -0.4 is 10.6 Å². The van der Waals surface area contributed by atoms with Crippen molar-refractivity contribution in [1.82, 2.24) is 9.97 Å². The molecule has 0 amide bonds. The van der Waals surface area contributed by atoms with Crippen molar-refractivity contribution in [1.29, 1.82) is 0 Å². The topological polar surface area (TPSA) is 64.3 Å². The molecule has 0 spiro atoms. The average molecular weight is 252 g/mol. The van der Waals surface area contributed by atoms with Gasteiger partial charge in [-0.1, -0.05) is 12.2 Å². The lowest BCUT2D eigenvalue weighted by atomic mass is 10.2. The molecule has 1 atom stereocenters. The van der Waals surface area contributed by atoms with Gasteiger partial charge in [-0.15, -0.1) is 0 Å². The number of thiocarbonyl (C=S) groups is 1. The fourth-order valence-corrected chi connectivity index (χ4v) is 1.94. The van der Waals surface area contributed by atoms with Crippen LogP contribution in [-0.4, -0.2) is 40.8 Å². The Bertz CT molecular complexity index is 437. The lowest BCUT2D eigenvalue weighted by Crippen LogP contribution is -2.44. The minimum absolute atomic E-state index is 0.268. The Morgan fingerprint density at radius 1 is 1.59 bits per heavy atom. The Morgan fingerprint density at radius 2 is 2.35 bits per heavy atom. The quantitative estimate of drug-likeness (QED) is 0.779. The molecular formula is C11H16N4OS. The van der Waals surface area contributed by atoms with Gasteiger partial charge in [0.25, 0.3) is 0 Å². The number of aryl methyl sites for hydroxylation is 1. The van der Waals surface area contributed by atoms with Crippen molar-refractivity contribution in [2.75, 3.05) is 24.7 Å². The highest BCUT2D eigenvalue weighted by molar-refractivity contribution is 7.80. The first-order valence-corrected chi connectivity index (χ1v) is 5.98. The zero-order chi connectivity index (χ0) is 12.4. The normalized spacial score (nSPS) is 20.4. The van der Waals surface area contributed by atoms with Crippen LogP contribution in [0.2, 0.25) is 0 Å². The van der Waals surface area contributed by atoms with Gasteiger partial charge in [0.15, 0.2) is 0 Å². The molecule has 2 N–H and O–H groups in total. The summed E-state index contributed by atoms with van der Waals surface area (Å²) >= 11 is 4.96. The maximum atomic E-state index is 5.61. The summed E-state index contributed by atoms with van der Waals surface area (Å²) in [6, 6.07) is 2.07. The minimum atomic E-state index is 0.268. The summed E-state index contributed by atoms with van der Waals surface area (Å²) in [6.45, 7) is 6.19. The molecule has 1 aliphatic heterocycles. The Balaban J connectivity index is 2.33. The van der Waals surface area contributed by atoms with E-state index in [1.54, 1.807) is 6.07 Å². The largest absolute Gasteiger partial charge is 0.388 e. The van der Waals surface area contributed by atoms with Crippen molar-refractivity contribution in [2.24, 2.45) is 5.73 Å². The number of ether oxygens (including phenoxy) is 1. The lowest BCUT2D eigenvalue weighted by molar-refractivity contribution is 0.0980. The first kappa shape index (κ1) is 12.2. The SMILES string of the molecule is Cc1cc(C(N)=S)nc(N2CCOCC2C)n1. The standard InChI is InChI=1S/C11H16N4OS/c1-7-5-9(10(12)17)14-11(13-7)15-3-4-16-6-8(15)2/h5,8H,3-4,6H2,1-2H3,(H2,12,17). The van der Waals surface area contributed by atoms with Crippen molar-refractivity contribution >= 4 is 23.2 Å². The summed E-state index contributed by atoms with van der Waals surface area (Å²) in [5.74, 6) is 0.684. The van der Waals surface area contributed by atoms with Gasteiger partial charge < -0.3 is 15.4 Å². The maximum absolute atomic E-state index is 5.61. The molecule has 0 radical (unpaired) electrons. The van der Waals surface area contributed by atoms with Gasteiger partial charge in [0.05, 0.1) is 19.3 Å². The van der Waals surface area contributed by atoms with Crippen LogP contribution in [0, 0.1) is 6.92 Å². The lowest BCUT2D eigenvalue weighted by Gasteiger charge is -2.33. The first-order chi connectivity index (χ1) is 8.08. The van der Waals surface area contributed by atoms with E-state index in [0.29, 0.717) is 29.8 Å².